The van der Waals surface area contributed by atoms with E-state index in [0.29, 0.717) is 0 Å². The Balaban J connectivity index is -0.0000000300. The molecule has 0 rings (SSSR count). The number of hydrogen-bond acceptors (Lipinski definition) is 5. The average molecular weight is 249 g/mol. The second-order valence-corrected chi connectivity index (χ2v) is 0.476. The molecule has 0 saturated heterocycles. The summed E-state index contributed by atoms with van der Waals surface area (Å²) in [5, 5.41) is 27.3. The van der Waals surface area contributed by atoms with Gasteiger partial charge in [-0.05, 0) is 0 Å². The molecule has 0 spiro atoms. The Morgan fingerprint density at radius 1 is 1.00 bits per heavy atom. The number of rotatable bonds is 0. The van der Waals surface area contributed by atoms with Gasteiger partial charge in [0.05, 0.1) is 0 Å². The standard InChI is InChI=1S/2HNO3.H3N.Pd/c2*2-1(3)4;;/h2*(H,2,3,4);1H3;. The molecule has 0 aliphatic heterocycles. The number of nitrogens with zero attached hydrogens (tertiary/aromatic N) is 2. The third-order valence-corrected chi connectivity index (χ3v) is 0. The molecule has 0 aliphatic rings. The van der Waals surface area contributed by atoms with Crippen molar-refractivity contribution in [2.45, 2.75) is 0 Å². The van der Waals surface area contributed by atoms with E-state index in [-0.39, 0.29) is 26.6 Å². The molecular weight excluding hydrogens is 244 g/mol. The van der Waals surface area contributed by atoms with Crippen LogP contribution in [0.25, 0.3) is 0 Å². The fraction of sp³-hybridized carbons (Fsp3) is 0. The molecule has 0 unspecified atom stereocenters. The molecule has 0 fully saturated rings. The maximum absolute atomic E-state index is 8.36. The van der Waals surface area contributed by atoms with Crippen LogP contribution < -0.4 is 6.15 Å². The molecule has 0 aromatic rings. The van der Waals surface area contributed by atoms with Crippen LogP contribution in [0.1, 0.15) is 0 Å². The predicted octanol–water partition coefficient (Wildman–Crippen LogP) is -0.536. The first-order valence-electron chi connectivity index (χ1n) is 1.13. The maximum Gasteiger partial charge on any atom is 0.291 e. The predicted molar refractivity (Wildman–Crippen MR) is 22.6 cm³/mol. The number of hydrogen-bond donors (Lipinski definition) is 3. The van der Waals surface area contributed by atoms with Crippen LogP contribution in [0.4, 0.5) is 0 Å². The summed E-state index contributed by atoms with van der Waals surface area (Å²) >= 11 is 0. The largest absolute Gasteiger partial charge is 0.344 e. The van der Waals surface area contributed by atoms with E-state index in [2.05, 4.69) is 0 Å². The van der Waals surface area contributed by atoms with Crippen LogP contribution >= 0.6 is 0 Å². The van der Waals surface area contributed by atoms with Crippen molar-refractivity contribution >= 4 is 0 Å². The molecule has 10 heavy (non-hydrogen) atoms. The fourth-order valence-electron chi connectivity index (χ4n) is 0. The van der Waals surface area contributed by atoms with E-state index in [0.717, 1.165) is 0 Å². The van der Waals surface area contributed by atoms with Gasteiger partial charge in [-0.25, -0.2) is 0 Å². The van der Waals surface area contributed by atoms with E-state index in [1.807, 2.05) is 0 Å². The molecule has 5 N–H and O–H groups in total. The maximum atomic E-state index is 8.36. The van der Waals surface area contributed by atoms with Gasteiger partial charge in [0.2, 0.25) is 0 Å². The molecule has 0 heterocycles. The van der Waals surface area contributed by atoms with E-state index < -0.39 is 10.2 Å². The Kier molecular flexibility index (Phi) is 36.1. The van der Waals surface area contributed by atoms with Crippen molar-refractivity contribution in [2.24, 2.45) is 0 Å². The monoisotopic (exact) mass is 249 g/mol. The molecule has 0 atom stereocenters. The first-order valence-corrected chi connectivity index (χ1v) is 1.13. The summed E-state index contributed by atoms with van der Waals surface area (Å²) in [6.45, 7) is 0. The van der Waals surface area contributed by atoms with Crippen molar-refractivity contribution in [3.63, 3.8) is 0 Å². The topological polar surface area (TPSA) is 162 Å². The van der Waals surface area contributed by atoms with Crippen LogP contribution in [-0.2, 0) is 20.4 Å². The minimum Gasteiger partial charge on any atom is -0.344 e. The van der Waals surface area contributed by atoms with Crippen LogP contribution in [0, 0.1) is 20.2 Å². The van der Waals surface area contributed by atoms with E-state index in [9.17, 15) is 0 Å². The summed E-state index contributed by atoms with van der Waals surface area (Å²) in [6, 6.07) is 0. The van der Waals surface area contributed by atoms with Gasteiger partial charge in [-0.2, -0.15) is 0 Å². The molecule has 9 nitrogen and oxygen atoms in total. The second-order valence-electron chi connectivity index (χ2n) is 0.476. The third-order valence-electron chi connectivity index (χ3n) is 0. The summed E-state index contributed by atoms with van der Waals surface area (Å²) in [5.41, 5.74) is 0. The third kappa shape index (κ3) is 266. The van der Waals surface area contributed by atoms with Gasteiger partial charge in [-0.3, -0.25) is 0 Å². The van der Waals surface area contributed by atoms with Crippen molar-refractivity contribution in [2.75, 3.05) is 0 Å². The van der Waals surface area contributed by atoms with Crippen LogP contribution in [0.2, 0.25) is 0 Å². The van der Waals surface area contributed by atoms with Gasteiger partial charge in [-0.15, -0.1) is 20.2 Å². The van der Waals surface area contributed by atoms with Gasteiger partial charge < -0.3 is 16.6 Å². The first-order chi connectivity index (χ1) is 3.46. The van der Waals surface area contributed by atoms with Crippen LogP contribution in [0.5, 0.6) is 0 Å². The second kappa shape index (κ2) is 15.7. The zero-order valence-corrected chi connectivity index (χ0v) is 6.00. The Morgan fingerprint density at radius 2 is 1.00 bits per heavy atom. The Bertz CT molecular complexity index is 71.0. The van der Waals surface area contributed by atoms with Crippen LogP contribution in [0.3, 0.4) is 0 Å². The molecule has 0 bridgehead atoms. The SMILES string of the molecule is N.O=[N+]([O-])O.O=[N+]([O-])O.[Pd]. The van der Waals surface area contributed by atoms with Crippen molar-refractivity contribution in [1.82, 2.24) is 6.15 Å². The quantitative estimate of drug-likeness (QED) is 0.295. The van der Waals surface area contributed by atoms with Gasteiger partial charge in [0.15, 0.2) is 0 Å². The first kappa shape index (κ1) is 23.0. The molecule has 0 aliphatic carbocycles. The molecule has 10 heteroatoms. The van der Waals surface area contributed by atoms with Gasteiger partial charge >= 0.3 is 0 Å². The summed E-state index contributed by atoms with van der Waals surface area (Å²) in [7, 11) is 0. The summed E-state index contributed by atoms with van der Waals surface area (Å²) in [4.78, 5) is 16.7. The van der Waals surface area contributed by atoms with E-state index in [4.69, 9.17) is 30.6 Å². The van der Waals surface area contributed by atoms with Gasteiger partial charge in [0.25, 0.3) is 10.2 Å². The van der Waals surface area contributed by atoms with E-state index >= 15 is 0 Å². The summed E-state index contributed by atoms with van der Waals surface area (Å²) in [6.07, 6.45) is 0. The molecule has 66 valence electrons. The normalized spacial score (nSPS) is 4.80. The summed E-state index contributed by atoms with van der Waals surface area (Å²) < 4.78 is 0. The molecule has 0 aromatic heterocycles. The summed E-state index contributed by atoms with van der Waals surface area (Å²) in [5.74, 6) is 0. The average Bonchev–Trinajstić information content (AvgIpc) is 1.25. The molecular formula is H5N3O6Pd. The van der Waals surface area contributed by atoms with Crippen molar-refractivity contribution in [1.29, 1.82) is 0 Å². The minimum atomic E-state index is -1.50. The van der Waals surface area contributed by atoms with Gasteiger partial charge in [0, 0.05) is 20.4 Å². The van der Waals surface area contributed by atoms with Crippen molar-refractivity contribution in [3.8, 4) is 0 Å². The van der Waals surface area contributed by atoms with Crippen molar-refractivity contribution in [3.05, 3.63) is 20.2 Å². The molecule has 0 amide bonds. The Labute approximate surface area is 68.1 Å². The zero-order valence-electron chi connectivity index (χ0n) is 4.45. The Hall–Kier alpha value is -0.978. The van der Waals surface area contributed by atoms with Gasteiger partial charge in [0.1, 0.15) is 0 Å². The smallest absolute Gasteiger partial charge is 0.291 e. The fourth-order valence-corrected chi connectivity index (χ4v) is 0. The van der Waals surface area contributed by atoms with Crippen LogP contribution in [0.15, 0.2) is 0 Å². The van der Waals surface area contributed by atoms with Crippen LogP contribution in [-0.4, -0.2) is 20.6 Å². The van der Waals surface area contributed by atoms with E-state index in [1.54, 1.807) is 0 Å². The zero-order chi connectivity index (χ0) is 7.15. The Morgan fingerprint density at radius 3 is 1.00 bits per heavy atom. The van der Waals surface area contributed by atoms with Crippen molar-refractivity contribution < 1.29 is 41.0 Å². The molecule has 0 saturated carbocycles. The molecule has 0 aromatic carbocycles. The van der Waals surface area contributed by atoms with Gasteiger partial charge in [-0.1, -0.05) is 0 Å². The molecule has 0 radical (unpaired) electrons. The minimum absolute atomic E-state index is 0. The van der Waals surface area contributed by atoms with E-state index in [1.165, 1.54) is 0 Å².